The number of aromatic nitrogens is 2. The lowest BCUT2D eigenvalue weighted by molar-refractivity contribution is 0.0978. The molecule has 3 rings (SSSR count). The summed E-state index contributed by atoms with van der Waals surface area (Å²) in [5, 5.41) is 4.30. The van der Waals surface area contributed by atoms with Crippen LogP contribution in [0.4, 0.5) is 5.69 Å². The fraction of sp³-hybridized carbons (Fsp3) is 0.200. The van der Waals surface area contributed by atoms with Gasteiger partial charge in [-0.15, -0.1) is 0 Å². The van der Waals surface area contributed by atoms with Gasteiger partial charge in [-0.05, 0) is 37.1 Å². The number of carbonyl (C=O) groups excluding carboxylic acids is 1. The van der Waals surface area contributed by atoms with Crippen LogP contribution < -0.4 is 4.90 Å². The monoisotopic (exact) mass is 319 g/mol. The van der Waals surface area contributed by atoms with Crippen molar-refractivity contribution in [2.75, 3.05) is 11.4 Å². The second kappa shape index (κ2) is 7.13. The Morgan fingerprint density at radius 3 is 2.25 bits per heavy atom. The molecular weight excluding hydrogens is 298 g/mol. The fourth-order valence-electron chi connectivity index (χ4n) is 2.79. The number of anilines is 1. The summed E-state index contributed by atoms with van der Waals surface area (Å²) in [6.07, 6.45) is 0.804. The van der Waals surface area contributed by atoms with Gasteiger partial charge in [-0.3, -0.25) is 9.48 Å². The second-order valence-electron chi connectivity index (χ2n) is 5.82. The molecule has 2 aromatic carbocycles. The molecule has 0 bridgehead atoms. The molecule has 0 aliphatic rings. The molecule has 0 unspecified atom stereocenters. The Kier molecular flexibility index (Phi) is 4.75. The summed E-state index contributed by atoms with van der Waals surface area (Å²) in [5.74, 6) is -0.0276. The molecule has 0 saturated heterocycles. The summed E-state index contributed by atoms with van der Waals surface area (Å²) in [6, 6.07) is 21.8. The van der Waals surface area contributed by atoms with E-state index in [1.807, 2.05) is 66.4 Å². The predicted molar refractivity (Wildman–Crippen MR) is 96.2 cm³/mol. The van der Waals surface area contributed by atoms with Crippen molar-refractivity contribution < 1.29 is 4.79 Å². The minimum atomic E-state index is -0.0276. The molecule has 0 aliphatic heterocycles. The molecule has 1 amide bonds. The average molecular weight is 319 g/mol. The first kappa shape index (κ1) is 16.0. The van der Waals surface area contributed by atoms with Gasteiger partial charge < -0.3 is 4.90 Å². The van der Waals surface area contributed by atoms with Crippen LogP contribution in [0.1, 0.15) is 21.7 Å². The van der Waals surface area contributed by atoms with Crippen LogP contribution in [-0.2, 0) is 13.5 Å². The minimum Gasteiger partial charge on any atom is -0.307 e. The number of hydrogen-bond acceptors (Lipinski definition) is 2. The second-order valence-corrected chi connectivity index (χ2v) is 5.82. The van der Waals surface area contributed by atoms with Crippen molar-refractivity contribution >= 4 is 11.6 Å². The van der Waals surface area contributed by atoms with Gasteiger partial charge in [0.1, 0.15) is 5.69 Å². The van der Waals surface area contributed by atoms with E-state index in [9.17, 15) is 4.79 Å². The van der Waals surface area contributed by atoms with Crippen molar-refractivity contribution in [3.8, 4) is 0 Å². The molecule has 0 aliphatic carbocycles. The molecule has 122 valence electrons. The van der Waals surface area contributed by atoms with Crippen molar-refractivity contribution in [1.82, 2.24) is 9.78 Å². The zero-order valence-corrected chi connectivity index (χ0v) is 14.0. The highest BCUT2D eigenvalue weighted by atomic mass is 16.2. The Morgan fingerprint density at radius 1 is 1.04 bits per heavy atom. The van der Waals surface area contributed by atoms with E-state index < -0.39 is 0 Å². The quantitative estimate of drug-likeness (QED) is 0.720. The van der Waals surface area contributed by atoms with Gasteiger partial charge in [0, 0.05) is 19.3 Å². The van der Waals surface area contributed by atoms with Crippen LogP contribution in [-0.4, -0.2) is 22.2 Å². The summed E-state index contributed by atoms with van der Waals surface area (Å²) >= 11 is 0. The molecule has 0 atom stereocenters. The molecule has 0 N–H and O–H groups in total. The number of para-hydroxylation sites is 1. The van der Waals surface area contributed by atoms with Crippen LogP contribution in [0.2, 0.25) is 0 Å². The van der Waals surface area contributed by atoms with E-state index in [2.05, 4.69) is 17.2 Å². The van der Waals surface area contributed by atoms with Crippen LogP contribution in [0.25, 0.3) is 0 Å². The van der Waals surface area contributed by atoms with E-state index in [1.165, 1.54) is 5.56 Å². The molecule has 4 heteroatoms. The summed E-state index contributed by atoms with van der Waals surface area (Å²) in [7, 11) is 1.81. The Bertz CT molecular complexity index is 809. The fourth-order valence-corrected chi connectivity index (χ4v) is 2.79. The number of hydrogen-bond donors (Lipinski definition) is 0. The Balaban J connectivity index is 1.87. The van der Waals surface area contributed by atoms with Gasteiger partial charge in [-0.1, -0.05) is 48.5 Å². The smallest absolute Gasteiger partial charge is 0.276 e. The standard InChI is InChI=1S/C20H21N3O/c1-16-15-19(22(2)21-16)20(24)23(18-11-7-4-8-12-18)14-13-17-9-5-3-6-10-17/h3-12,15H,13-14H2,1-2H3. The molecule has 0 spiro atoms. The summed E-state index contributed by atoms with van der Waals surface area (Å²) in [5.41, 5.74) is 3.56. The normalized spacial score (nSPS) is 10.6. The van der Waals surface area contributed by atoms with Crippen LogP contribution in [0.5, 0.6) is 0 Å². The molecule has 0 fully saturated rings. The lowest BCUT2D eigenvalue weighted by Gasteiger charge is -2.23. The number of rotatable bonds is 5. The highest BCUT2D eigenvalue weighted by Gasteiger charge is 2.21. The van der Waals surface area contributed by atoms with Crippen molar-refractivity contribution in [3.63, 3.8) is 0 Å². The predicted octanol–water partition coefficient (Wildman–Crippen LogP) is 3.62. The number of nitrogens with zero attached hydrogens (tertiary/aromatic N) is 3. The third kappa shape index (κ3) is 3.54. The largest absolute Gasteiger partial charge is 0.307 e. The number of benzene rings is 2. The zero-order chi connectivity index (χ0) is 16.9. The van der Waals surface area contributed by atoms with Gasteiger partial charge in [0.2, 0.25) is 0 Å². The molecule has 1 aromatic heterocycles. The van der Waals surface area contributed by atoms with Crippen molar-refractivity contribution in [1.29, 1.82) is 0 Å². The zero-order valence-electron chi connectivity index (χ0n) is 14.0. The first-order chi connectivity index (χ1) is 11.6. The van der Waals surface area contributed by atoms with Gasteiger partial charge in [0.05, 0.1) is 5.69 Å². The molecule has 3 aromatic rings. The molecule has 0 radical (unpaired) electrons. The van der Waals surface area contributed by atoms with Crippen LogP contribution in [0.3, 0.4) is 0 Å². The van der Waals surface area contributed by atoms with Gasteiger partial charge in [0.25, 0.3) is 5.91 Å². The van der Waals surface area contributed by atoms with Crippen molar-refractivity contribution in [3.05, 3.63) is 83.7 Å². The lowest BCUT2D eigenvalue weighted by Crippen LogP contribution is -2.34. The maximum atomic E-state index is 13.1. The van der Waals surface area contributed by atoms with E-state index in [1.54, 1.807) is 11.7 Å². The van der Waals surface area contributed by atoms with E-state index in [0.29, 0.717) is 12.2 Å². The Morgan fingerprint density at radius 2 is 1.67 bits per heavy atom. The highest BCUT2D eigenvalue weighted by molar-refractivity contribution is 6.05. The van der Waals surface area contributed by atoms with Gasteiger partial charge in [-0.2, -0.15) is 5.10 Å². The first-order valence-electron chi connectivity index (χ1n) is 8.06. The van der Waals surface area contributed by atoms with Gasteiger partial charge in [0.15, 0.2) is 0 Å². The number of carbonyl (C=O) groups is 1. The molecule has 24 heavy (non-hydrogen) atoms. The third-order valence-electron chi connectivity index (χ3n) is 4.00. The van der Waals surface area contributed by atoms with Crippen molar-refractivity contribution in [2.24, 2.45) is 7.05 Å². The lowest BCUT2D eigenvalue weighted by atomic mass is 10.1. The highest BCUT2D eigenvalue weighted by Crippen LogP contribution is 2.18. The average Bonchev–Trinajstić information content (AvgIpc) is 2.95. The maximum Gasteiger partial charge on any atom is 0.276 e. The molecule has 1 heterocycles. The number of amides is 1. The molecule has 4 nitrogen and oxygen atoms in total. The summed E-state index contributed by atoms with van der Waals surface area (Å²) in [6.45, 7) is 2.52. The summed E-state index contributed by atoms with van der Waals surface area (Å²) < 4.78 is 1.65. The van der Waals surface area contributed by atoms with E-state index in [-0.39, 0.29) is 5.91 Å². The number of aryl methyl sites for hydroxylation is 2. The maximum absolute atomic E-state index is 13.1. The SMILES string of the molecule is Cc1cc(C(=O)N(CCc2ccccc2)c2ccccc2)n(C)n1. The van der Waals surface area contributed by atoms with Crippen LogP contribution >= 0.6 is 0 Å². The topological polar surface area (TPSA) is 38.1 Å². The summed E-state index contributed by atoms with van der Waals surface area (Å²) in [4.78, 5) is 14.9. The van der Waals surface area contributed by atoms with Crippen LogP contribution in [0.15, 0.2) is 66.7 Å². The van der Waals surface area contributed by atoms with E-state index in [0.717, 1.165) is 17.8 Å². The Labute approximate surface area is 142 Å². The van der Waals surface area contributed by atoms with E-state index in [4.69, 9.17) is 0 Å². The van der Waals surface area contributed by atoms with Gasteiger partial charge in [-0.25, -0.2) is 0 Å². The van der Waals surface area contributed by atoms with Gasteiger partial charge >= 0.3 is 0 Å². The third-order valence-corrected chi connectivity index (χ3v) is 4.00. The first-order valence-corrected chi connectivity index (χ1v) is 8.06. The van der Waals surface area contributed by atoms with Crippen LogP contribution in [0, 0.1) is 6.92 Å². The molecule has 0 saturated carbocycles. The van der Waals surface area contributed by atoms with E-state index >= 15 is 0 Å². The minimum absolute atomic E-state index is 0.0276. The molecular formula is C20H21N3O. The van der Waals surface area contributed by atoms with Crippen molar-refractivity contribution in [2.45, 2.75) is 13.3 Å². The Hall–Kier alpha value is -2.88.